The van der Waals surface area contributed by atoms with E-state index in [1.165, 1.54) is 16.6 Å². The summed E-state index contributed by atoms with van der Waals surface area (Å²) in [6.07, 6.45) is 0.0690. The summed E-state index contributed by atoms with van der Waals surface area (Å²) in [4.78, 5) is 30.4. The zero-order valence-corrected chi connectivity index (χ0v) is 20.4. The molecule has 0 N–H and O–H groups in total. The molecule has 1 aromatic carbocycles. The summed E-state index contributed by atoms with van der Waals surface area (Å²) < 4.78 is 13.5. The van der Waals surface area contributed by atoms with Crippen LogP contribution in [0.15, 0.2) is 46.9 Å². The highest BCUT2D eigenvalue weighted by Crippen LogP contribution is 2.31. The minimum Gasteiger partial charge on any atom is -0.485 e. The maximum atomic E-state index is 12.9. The molecule has 0 radical (unpaired) electrons. The second-order valence-electron chi connectivity index (χ2n) is 8.07. The molecule has 3 aromatic rings. The SMILES string of the molecule is Cn1c(Cc2cccs2)nnc1SCC(=O)N1CCN(C(=O)[C@H]2COc3ccccc3O2)CC1. The molecule has 1 fully saturated rings. The highest BCUT2D eigenvalue weighted by molar-refractivity contribution is 7.99. The fourth-order valence-corrected chi connectivity index (χ4v) is 5.47. The summed E-state index contributed by atoms with van der Waals surface area (Å²) >= 11 is 3.08. The average Bonchev–Trinajstić information content (AvgIpc) is 3.52. The molecule has 0 spiro atoms. The summed E-state index contributed by atoms with van der Waals surface area (Å²) in [7, 11) is 1.93. The minimum atomic E-state index is -0.660. The first-order valence-electron chi connectivity index (χ1n) is 11.1. The molecule has 2 amide bonds. The number of carbonyl (C=O) groups excluding carboxylic acids is 2. The zero-order valence-electron chi connectivity index (χ0n) is 18.8. The van der Waals surface area contributed by atoms with Crippen LogP contribution in [0.3, 0.4) is 0 Å². The lowest BCUT2D eigenvalue weighted by molar-refractivity contribution is -0.145. The first-order valence-corrected chi connectivity index (χ1v) is 12.9. The van der Waals surface area contributed by atoms with E-state index in [4.69, 9.17) is 9.47 Å². The molecule has 5 rings (SSSR count). The van der Waals surface area contributed by atoms with E-state index in [-0.39, 0.29) is 24.2 Å². The fourth-order valence-electron chi connectivity index (χ4n) is 3.93. The van der Waals surface area contributed by atoms with Crippen LogP contribution in [0.1, 0.15) is 10.7 Å². The molecular weight excluding hydrogens is 474 g/mol. The lowest BCUT2D eigenvalue weighted by atomic mass is 10.2. The van der Waals surface area contributed by atoms with Crippen LogP contribution < -0.4 is 9.47 Å². The van der Waals surface area contributed by atoms with Crippen molar-refractivity contribution in [1.29, 1.82) is 0 Å². The zero-order chi connectivity index (χ0) is 23.5. The average molecular weight is 500 g/mol. The van der Waals surface area contributed by atoms with Crippen LogP contribution in [0.2, 0.25) is 0 Å². The van der Waals surface area contributed by atoms with Crippen molar-refractivity contribution in [2.45, 2.75) is 17.7 Å². The van der Waals surface area contributed by atoms with E-state index in [2.05, 4.69) is 16.3 Å². The van der Waals surface area contributed by atoms with Crippen molar-refractivity contribution in [3.63, 3.8) is 0 Å². The van der Waals surface area contributed by atoms with Crippen LogP contribution in [0.25, 0.3) is 0 Å². The van der Waals surface area contributed by atoms with Crippen molar-refractivity contribution in [1.82, 2.24) is 24.6 Å². The molecule has 2 aliphatic rings. The van der Waals surface area contributed by atoms with E-state index in [9.17, 15) is 9.59 Å². The van der Waals surface area contributed by atoms with Gasteiger partial charge in [0.05, 0.1) is 5.75 Å². The molecule has 2 aliphatic heterocycles. The lowest BCUT2D eigenvalue weighted by Crippen LogP contribution is -2.55. The van der Waals surface area contributed by atoms with Gasteiger partial charge in [-0.25, -0.2) is 0 Å². The fraction of sp³-hybridized carbons (Fsp3) is 0.391. The number of thioether (sulfide) groups is 1. The summed E-state index contributed by atoms with van der Waals surface area (Å²) in [5.41, 5.74) is 0. The molecule has 1 atom stereocenters. The number of ether oxygens (including phenoxy) is 2. The van der Waals surface area contributed by atoms with Gasteiger partial charge >= 0.3 is 0 Å². The molecule has 2 aromatic heterocycles. The first-order chi connectivity index (χ1) is 16.6. The largest absolute Gasteiger partial charge is 0.485 e. The van der Waals surface area contributed by atoms with Gasteiger partial charge in [0.25, 0.3) is 5.91 Å². The van der Waals surface area contributed by atoms with Crippen LogP contribution in [-0.4, -0.2) is 81.0 Å². The number of piperazine rings is 1. The Morgan fingerprint density at radius 1 is 1.06 bits per heavy atom. The van der Waals surface area contributed by atoms with E-state index >= 15 is 0 Å². The Balaban J connectivity index is 1.09. The van der Waals surface area contributed by atoms with Gasteiger partial charge in [-0.1, -0.05) is 30.0 Å². The number of carbonyl (C=O) groups is 2. The van der Waals surface area contributed by atoms with Gasteiger partial charge in [0.15, 0.2) is 16.7 Å². The third-order valence-electron chi connectivity index (χ3n) is 5.89. The predicted octanol–water partition coefficient (Wildman–Crippen LogP) is 2.07. The van der Waals surface area contributed by atoms with Crippen molar-refractivity contribution in [3.8, 4) is 11.5 Å². The van der Waals surface area contributed by atoms with Gasteiger partial charge < -0.3 is 23.8 Å². The van der Waals surface area contributed by atoms with Gasteiger partial charge in [-0.3, -0.25) is 9.59 Å². The Bertz CT molecular complexity index is 1160. The molecule has 11 heteroatoms. The number of amides is 2. The standard InChI is InChI=1S/C23H25N5O4S2/c1-26-20(13-16-5-4-12-33-16)24-25-23(26)34-15-21(29)27-8-10-28(11-9-27)22(30)19-14-31-17-6-2-3-7-18(17)32-19/h2-7,12,19H,8-11,13-15H2,1H3/t19-/m1/s1. The second-order valence-corrected chi connectivity index (χ2v) is 10.0. The minimum absolute atomic E-state index is 0.0334. The summed E-state index contributed by atoms with van der Waals surface area (Å²) in [5.74, 6) is 2.33. The second kappa shape index (κ2) is 10.1. The van der Waals surface area contributed by atoms with Crippen molar-refractivity contribution >= 4 is 34.9 Å². The van der Waals surface area contributed by atoms with E-state index < -0.39 is 6.10 Å². The summed E-state index contributed by atoms with van der Waals surface area (Å²) in [5, 5.41) is 11.3. The Morgan fingerprint density at radius 3 is 2.59 bits per heavy atom. The van der Waals surface area contributed by atoms with E-state index in [1.807, 2.05) is 41.3 Å². The number of hydrogen-bond donors (Lipinski definition) is 0. The molecular formula is C23H25N5O4S2. The van der Waals surface area contributed by atoms with Gasteiger partial charge in [-0.15, -0.1) is 21.5 Å². The van der Waals surface area contributed by atoms with Gasteiger partial charge in [0.1, 0.15) is 12.4 Å². The summed E-state index contributed by atoms with van der Waals surface area (Å²) in [6.45, 7) is 2.14. The molecule has 0 bridgehead atoms. The number of hydrogen-bond acceptors (Lipinski definition) is 8. The van der Waals surface area contributed by atoms with Crippen LogP contribution in [0.4, 0.5) is 0 Å². The molecule has 4 heterocycles. The monoisotopic (exact) mass is 499 g/mol. The number of thiophene rings is 1. The number of rotatable bonds is 6. The Morgan fingerprint density at radius 2 is 1.82 bits per heavy atom. The van der Waals surface area contributed by atoms with E-state index in [1.54, 1.807) is 27.2 Å². The number of fused-ring (bicyclic) bond motifs is 1. The molecule has 0 saturated carbocycles. The first kappa shape index (κ1) is 22.7. The topological polar surface area (TPSA) is 89.8 Å². The van der Waals surface area contributed by atoms with Crippen molar-refractivity contribution in [2.24, 2.45) is 7.05 Å². The van der Waals surface area contributed by atoms with Gasteiger partial charge in [0, 0.05) is 44.5 Å². The molecule has 1 saturated heterocycles. The smallest absolute Gasteiger partial charge is 0.267 e. The molecule has 34 heavy (non-hydrogen) atoms. The third kappa shape index (κ3) is 4.90. The molecule has 0 unspecified atom stereocenters. The Kier molecular flexibility index (Phi) is 6.73. The summed E-state index contributed by atoms with van der Waals surface area (Å²) in [6, 6.07) is 11.4. The molecule has 9 nitrogen and oxygen atoms in total. The highest BCUT2D eigenvalue weighted by Gasteiger charge is 2.33. The van der Waals surface area contributed by atoms with E-state index in [0.29, 0.717) is 37.7 Å². The van der Waals surface area contributed by atoms with Crippen molar-refractivity contribution in [3.05, 3.63) is 52.5 Å². The number of para-hydroxylation sites is 2. The van der Waals surface area contributed by atoms with Crippen LogP contribution >= 0.6 is 23.1 Å². The Labute approximate surface area is 205 Å². The lowest BCUT2D eigenvalue weighted by Gasteiger charge is -2.37. The van der Waals surface area contributed by atoms with Crippen LogP contribution in [0, 0.1) is 0 Å². The van der Waals surface area contributed by atoms with E-state index in [0.717, 1.165) is 17.4 Å². The van der Waals surface area contributed by atoms with Gasteiger partial charge in [-0.05, 0) is 23.6 Å². The molecule has 0 aliphatic carbocycles. The van der Waals surface area contributed by atoms with Gasteiger partial charge in [0.2, 0.25) is 12.0 Å². The maximum Gasteiger partial charge on any atom is 0.267 e. The van der Waals surface area contributed by atoms with Crippen LogP contribution in [0.5, 0.6) is 11.5 Å². The highest BCUT2D eigenvalue weighted by atomic mass is 32.2. The number of nitrogens with zero attached hydrogens (tertiary/aromatic N) is 5. The van der Waals surface area contributed by atoms with Gasteiger partial charge in [-0.2, -0.15) is 0 Å². The third-order valence-corrected chi connectivity index (χ3v) is 7.77. The number of aromatic nitrogens is 3. The quantitative estimate of drug-likeness (QED) is 0.480. The van der Waals surface area contributed by atoms with Crippen LogP contribution in [-0.2, 0) is 23.1 Å². The Hall–Kier alpha value is -3.05. The normalized spacial score (nSPS) is 17.6. The predicted molar refractivity (Wildman–Crippen MR) is 128 cm³/mol. The maximum absolute atomic E-state index is 12.9. The molecule has 178 valence electrons. The van der Waals surface area contributed by atoms with Crippen molar-refractivity contribution < 1.29 is 19.1 Å². The number of benzene rings is 1. The van der Waals surface area contributed by atoms with Crippen molar-refractivity contribution in [2.75, 3.05) is 38.5 Å².